The first-order valence-corrected chi connectivity index (χ1v) is 11.6. The molecule has 0 aliphatic heterocycles. The van der Waals surface area contributed by atoms with E-state index < -0.39 is 38.8 Å². The molecule has 0 spiro atoms. The molecule has 1 atom stereocenters. The molecule has 0 unspecified atom stereocenters. The van der Waals surface area contributed by atoms with E-state index in [0.29, 0.717) is 16.1 Å². The maximum absolute atomic E-state index is 12.8. The Balaban J connectivity index is 1.91. The standard InChI is InChI=1S/C18H15F3N6O4S2/c1-3-33(29,30)14-5-11(4-12(6-14)31-18(19,20)21)16(28)26-10(2)15-24-9-25-27(15)17-23-8-13(7-22)32-17/h4-6,8-10H,3H2,1-2H3,(H,26,28)/t10-/m0/s1. The van der Waals surface area contributed by atoms with Crippen LogP contribution in [0.5, 0.6) is 5.75 Å². The number of hydrogen-bond acceptors (Lipinski definition) is 9. The average molecular weight is 500 g/mol. The van der Waals surface area contributed by atoms with Gasteiger partial charge in [-0.2, -0.15) is 15.0 Å². The van der Waals surface area contributed by atoms with Crippen molar-refractivity contribution in [2.45, 2.75) is 31.1 Å². The van der Waals surface area contributed by atoms with Gasteiger partial charge >= 0.3 is 6.36 Å². The third kappa shape index (κ3) is 5.65. The first kappa shape index (κ1) is 24.1. The van der Waals surface area contributed by atoms with Crippen LogP contribution in [0.3, 0.4) is 0 Å². The Morgan fingerprint density at radius 1 is 1.33 bits per heavy atom. The molecule has 15 heteroatoms. The molecular weight excluding hydrogens is 485 g/mol. The van der Waals surface area contributed by atoms with Gasteiger partial charge in [-0.05, 0) is 25.1 Å². The topological polar surface area (TPSA) is 140 Å². The van der Waals surface area contributed by atoms with E-state index >= 15 is 0 Å². The van der Waals surface area contributed by atoms with Gasteiger partial charge in [0.2, 0.25) is 5.13 Å². The fourth-order valence-corrected chi connectivity index (χ4v) is 4.31. The summed E-state index contributed by atoms with van der Waals surface area (Å²) in [6, 6.07) is 3.59. The van der Waals surface area contributed by atoms with E-state index in [9.17, 15) is 26.4 Å². The minimum atomic E-state index is -5.08. The number of nitrogens with zero attached hydrogens (tertiary/aromatic N) is 5. The number of sulfone groups is 1. The lowest BCUT2D eigenvalue weighted by atomic mass is 10.2. The number of ether oxygens (including phenoxy) is 1. The van der Waals surface area contributed by atoms with Crippen molar-refractivity contribution in [1.29, 1.82) is 5.26 Å². The second-order valence-corrected chi connectivity index (χ2v) is 9.78. The summed E-state index contributed by atoms with van der Waals surface area (Å²) in [7, 11) is -3.93. The molecule has 0 aliphatic rings. The zero-order valence-electron chi connectivity index (χ0n) is 17.0. The van der Waals surface area contributed by atoms with Gasteiger partial charge in [0, 0.05) is 5.56 Å². The number of thiazole rings is 1. The predicted octanol–water partition coefficient (Wildman–Crippen LogP) is 2.78. The highest BCUT2D eigenvalue weighted by molar-refractivity contribution is 7.91. The highest BCUT2D eigenvalue weighted by atomic mass is 32.2. The van der Waals surface area contributed by atoms with Crippen LogP contribution in [-0.4, -0.2) is 46.2 Å². The van der Waals surface area contributed by atoms with Crippen LogP contribution in [0.1, 0.15) is 40.9 Å². The van der Waals surface area contributed by atoms with Crippen molar-refractivity contribution < 1.29 is 31.1 Å². The van der Waals surface area contributed by atoms with E-state index in [-0.39, 0.29) is 17.1 Å². The zero-order valence-corrected chi connectivity index (χ0v) is 18.6. The van der Waals surface area contributed by atoms with E-state index in [4.69, 9.17) is 5.26 Å². The molecule has 1 N–H and O–H groups in total. The summed E-state index contributed by atoms with van der Waals surface area (Å²) in [6.45, 7) is 2.86. The fourth-order valence-electron chi connectivity index (χ4n) is 2.69. The van der Waals surface area contributed by atoms with E-state index in [1.54, 1.807) is 0 Å². The first-order chi connectivity index (χ1) is 15.4. The summed E-state index contributed by atoms with van der Waals surface area (Å²) < 4.78 is 67.7. The number of nitrogens with one attached hydrogen (secondary N) is 1. The van der Waals surface area contributed by atoms with Crippen molar-refractivity contribution in [3.05, 3.63) is 47.0 Å². The lowest BCUT2D eigenvalue weighted by Gasteiger charge is -2.16. The summed E-state index contributed by atoms with van der Waals surface area (Å²) in [5.74, 6) is -1.87. The molecule has 0 fully saturated rings. The molecule has 3 aromatic rings. The van der Waals surface area contributed by atoms with Crippen LogP contribution >= 0.6 is 11.3 Å². The minimum Gasteiger partial charge on any atom is -0.406 e. The maximum atomic E-state index is 12.8. The molecule has 0 bridgehead atoms. The van der Waals surface area contributed by atoms with Crippen molar-refractivity contribution in [3.8, 4) is 17.0 Å². The van der Waals surface area contributed by atoms with Gasteiger partial charge in [0.15, 0.2) is 15.7 Å². The normalized spacial score (nSPS) is 12.7. The second kappa shape index (κ2) is 9.16. The molecule has 0 radical (unpaired) electrons. The molecule has 0 saturated heterocycles. The number of benzene rings is 1. The number of carbonyl (C=O) groups excluding carboxylic acids is 1. The van der Waals surface area contributed by atoms with Gasteiger partial charge in [-0.25, -0.2) is 18.4 Å². The van der Waals surface area contributed by atoms with Crippen LogP contribution in [0.2, 0.25) is 0 Å². The third-order valence-corrected chi connectivity index (χ3v) is 6.80. The highest BCUT2D eigenvalue weighted by Gasteiger charge is 2.32. The largest absolute Gasteiger partial charge is 0.573 e. The van der Waals surface area contributed by atoms with Crippen molar-refractivity contribution >= 4 is 27.1 Å². The number of nitriles is 1. The molecule has 10 nitrogen and oxygen atoms in total. The Kier molecular flexibility index (Phi) is 6.70. The van der Waals surface area contributed by atoms with Gasteiger partial charge < -0.3 is 10.1 Å². The predicted molar refractivity (Wildman–Crippen MR) is 108 cm³/mol. The van der Waals surface area contributed by atoms with Crippen molar-refractivity contribution in [3.63, 3.8) is 0 Å². The van der Waals surface area contributed by atoms with Gasteiger partial charge in [-0.15, -0.1) is 13.2 Å². The summed E-state index contributed by atoms with van der Waals surface area (Å²) in [5, 5.41) is 15.8. The molecule has 0 aliphatic carbocycles. The smallest absolute Gasteiger partial charge is 0.406 e. The third-order valence-electron chi connectivity index (χ3n) is 4.21. The summed E-state index contributed by atoms with van der Waals surface area (Å²) >= 11 is 1.04. The van der Waals surface area contributed by atoms with E-state index in [2.05, 4.69) is 25.1 Å². The molecule has 2 aromatic heterocycles. The van der Waals surface area contributed by atoms with Crippen molar-refractivity contribution in [2.75, 3.05) is 5.75 Å². The number of aromatic nitrogens is 4. The Bertz CT molecular complexity index is 1330. The number of alkyl halides is 3. The van der Waals surface area contributed by atoms with Crippen molar-refractivity contribution in [1.82, 2.24) is 25.1 Å². The van der Waals surface area contributed by atoms with E-state index in [0.717, 1.165) is 23.5 Å². The lowest BCUT2D eigenvalue weighted by Crippen LogP contribution is -2.29. The number of halogens is 3. The SMILES string of the molecule is CCS(=O)(=O)c1cc(OC(F)(F)F)cc(C(=O)N[C@@H](C)c2ncnn2-c2ncc(C#N)s2)c1. The second-order valence-electron chi connectivity index (χ2n) is 6.49. The zero-order chi connectivity index (χ0) is 24.4. The Labute approximate surface area is 189 Å². The van der Waals surface area contributed by atoms with Gasteiger partial charge in [-0.3, -0.25) is 4.79 Å². The van der Waals surface area contributed by atoms with Crippen LogP contribution < -0.4 is 10.1 Å². The number of amides is 1. The Morgan fingerprint density at radius 3 is 2.67 bits per heavy atom. The molecule has 33 heavy (non-hydrogen) atoms. The molecule has 2 heterocycles. The highest BCUT2D eigenvalue weighted by Crippen LogP contribution is 2.28. The van der Waals surface area contributed by atoms with Crippen LogP contribution in [0.25, 0.3) is 5.13 Å². The summed E-state index contributed by atoms with van der Waals surface area (Å²) in [6.07, 6.45) is -2.53. The Morgan fingerprint density at radius 2 is 2.06 bits per heavy atom. The quantitative estimate of drug-likeness (QED) is 0.522. The van der Waals surface area contributed by atoms with Crippen LogP contribution in [-0.2, 0) is 9.84 Å². The van der Waals surface area contributed by atoms with Crippen LogP contribution in [0, 0.1) is 11.3 Å². The first-order valence-electron chi connectivity index (χ1n) is 9.14. The average Bonchev–Trinajstić information content (AvgIpc) is 3.41. The van der Waals surface area contributed by atoms with E-state index in [1.165, 1.54) is 31.1 Å². The van der Waals surface area contributed by atoms with E-state index in [1.807, 2.05) is 6.07 Å². The monoisotopic (exact) mass is 500 g/mol. The van der Waals surface area contributed by atoms with Gasteiger partial charge in [0.25, 0.3) is 5.91 Å². The lowest BCUT2D eigenvalue weighted by molar-refractivity contribution is -0.274. The number of rotatable bonds is 7. The van der Waals surface area contributed by atoms with Crippen LogP contribution in [0.4, 0.5) is 13.2 Å². The Hall–Kier alpha value is -3.51. The molecule has 1 amide bonds. The van der Waals surface area contributed by atoms with Gasteiger partial charge in [0.1, 0.15) is 23.0 Å². The molecule has 3 rings (SSSR count). The summed E-state index contributed by atoms with van der Waals surface area (Å²) in [4.78, 5) is 20.7. The number of carbonyl (C=O) groups is 1. The minimum absolute atomic E-state index is 0.228. The molecule has 1 aromatic carbocycles. The molecule has 174 valence electrons. The maximum Gasteiger partial charge on any atom is 0.573 e. The van der Waals surface area contributed by atoms with Gasteiger partial charge in [-0.1, -0.05) is 18.3 Å². The van der Waals surface area contributed by atoms with Crippen molar-refractivity contribution in [2.24, 2.45) is 0 Å². The summed E-state index contributed by atoms with van der Waals surface area (Å²) in [5.41, 5.74) is -0.359. The number of hydrogen-bond donors (Lipinski definition) is 1. The van der Waals surface area contributed by atoms with Gasteiger partial charge in [0.05, 0.1) is 22.9 Å². The molecular formula is C18H15F3N6O4S2. The molecule has 0 saturated carbocycles. The van der Waals surface area contributed by atoms with Crippen LogP contribution in [0.15, 0.2) is 35.6 Å². The fraction of sp³-hybridized carbons (Fsp3) is 0.278.